The van der Waals surface area contributed by atoms with Crippen LogP contribution in [0.5, 0.6) is 0 Å². The topological polar surface area (TPSA) is 86.7 Å². The van der Waals surface area contributed by atoms with Crippen molar-refractivity contribution >= 4 is 23.5 Å². The molecule has 0 saturated carbocycles. The Morgan fingerprint density at radius 2 is 2.15 bits per heavy atom. The van der Waals surface area contributed by atoms with Crippen molar-refractivity contribution in [2.24, 2.45) is 0 Å². The van der Waals surface area contributed by atoms with Crippen molar-refractivity contribution in [1.29, 1.82) is 0 Å². The lowest BCUT2D eigenvalue weighted by atomic mass is 10.2. The van der Waals surface area contributed by atoms with Gasteiger partial charge in [-0.1, -0.05) is 0 Å². The van der Waals surface area contributed by atoms with Gasteiger partial charge in [0.05, 0.1) is 12.1 Å². The average Bonchev–Trinajstić information content (AvgIpc) is 2.74. The summed E-state index contributed by atoms with van der Waals surface area (Å²) in [5.41, 5.74) is -0.304. The third-order valence-corrected chi connectivity index (χ3v) is 2.99. The number of nitrogens with zero attached hydrogens (tertiary/aromatic N) is 1. The van der Waals surface area contributed by atoms with Crippen molar-refractivity contribution in [3.63, 3.8) is 0 Å². The van der Waals surface area contributed by atoms with E-state index in [0.29, 0.717) is 13.0 Å². The number of halogens is 1. The molecule has 7 heteroatoms. The molecule has 0 spiro atoms. The van der Waals surface area contributed by atoms with Gasteiger partial charge in [0.15, 0.2) is 0 Å². The van der Waals surface area contributed by atoms with Crippen molar-refractivity contribution in [3.8, 4) is 0 Å². The van der Waals surface area contributed by atoms with E-state index in [9.17, 15) is 18.8 Å². The van der Waals surface area contributed by atoms with Crippen LogP contribution >= 0.6 is 0 Å². The number of hydrogen-bond acceptors (Lipinski definition) is 3. The van der Waals surface area contributed by atoms with E-state index in [1.54, 1.807) is 0 Å². The fourth-order valence-electron chi connectivity index (χ4n) is 2.01. The largest absolute Gasteiger partial charge is 0.478 e. The van der Waals surface area contributed by atoms with Gasteiger partial charge in [0.1, 0.15) is 5.82 Å². The number of anilines is 1. The zero-order valence-corrected chi connectivity index (χ0v) is 10.6. The highest BCUT2D eigenvalue weighted by Crippen LogP contribution is 2.15. The predicted molar refractivity (Wildman–Crippen MR) is 67.8 cm³/mol. The van der Waals surface area contributed by atoms with E-state index >= 15 is 0 Å². The Hall–Kier alpha value is -2.44. The van der Waals surface area contributed by atoms with Crippen LogP contribution in [-0.4, -0.2) is 40.9 Å². The summed E-state index contributed by atoms with van der Waals surface area (Å²) in [6, 6.07) is 3.32. The Bertz CT molecular complexity index is 573. The van der Waals surface area contributed by atoms with Crippen LogP contribution in [-0.2, 0) is 9.59 Å². The van der Waals surface area contributed by atoms with Crippen LogP contribution in [0.15, 0.2) is 18.2 Å². The molecule has 2 rings (SSSR count). The minimum Gasteiger partial charge on any atom is -0.478 e. The lowest BCUT2D eigenvalue weighted by molar-refractivity contribution is -0.131. The fraction of sp³-hybridized carbons (Fsp3) is 0.308. The molecule has 1 fully saturated rings. The zero-order chi connectivity index (χ0) is 14.7. The van der Waals surface area contributed by atoms with Crippen molar-refractivity contribution in [1.82, 2.24) is 4.90 Å². The summed E-state index contributed by atoms with van der Waals surface area (Å²) in [6.45, 7) is 0.458. The minimum absolute atomic E-state index is 0.0763. The third-order valence-electron chi connectivity index (χ3n) is 2.99. The summed E-state index contributed by atoms with van der Waals surface area (Å²) in [5, 5.41) is 11.1. The number of carboxylic acids is 1. The van der Waals surface area contributed by atoms with Gasteiger partial charge in [0, 0.05) is 18.7 Å². The van der Waals surface area contributed by atoms with Crippen LogP contribution in [0.25, 0.3) is 0 Å². The molecule has 106 valence electrons. The quantitative estimate of drug-likeness (QED) is 0.864. The first kappa shape index (κ1) is 14.0. The standard InChI is InChI=1S/C13H13FN2O4/c14-10-6-8(3-4-9(10)13(19)20)15-11(17)7-16-5-1-2-12(16)18/h3-4,6H,1-2,5,7H2,(H,15,17)(H,19,20). The van der Waals surface area contributed by atoms with E-state index in [1.165, 1.54) is 11.0 Å². The molecule has 1 aliphatic heterocycles. The molecule has 20 heavy (non-hydrogen) atoms. The molecule has 1 aliphatic rings. The first-order valence-electron chi connectivity index (χ1n) is 6.08. The first-order chi connectivity index (χ1) is 9.47. The summed E-state index contributed by atoms with van der Waals surface area (Å²) >= 11 is 0. The van der Waals surface area contributed by atoms with Gasteiger partial charge in [-0.05, 0) is 24.6 Å². The van der Waals surface area contributed by atoms with Gasteiger partial charge in [-0.3, -0.25) is 9.59 Å². The second-order valence-electron chi connectivity index (χ2n) is 4.47. The summed E-state index contributed by atoms with van der Waals surface area (Å²) in [4.78, 5) is 35.1. The fourth-order valence-corrected chi connectivity index (χ4v) is 2.01. The molecule has 0 unspecified atom stereocenters. The molecule has 1 heterocycles. The van der Waals surface area contributed by atoms with Gasteiger partial charge in [-0.2, -0.15) is 0 Å². The normalized spacial score (nSPS) is 14.4. The second-order valence-corrected chi connectivity index (χ2v) is 4.47. The highest BCUT2D eigenvalue weighted by atomic mass is 19.1. The number of hydrogen-bond donors (Lipinski definition) is 2. The van der Waals surface area contributed by atoms with Crippen molar-refractivity contribution in [3.05, 3.63) is 29.6 Å². The number of amides is 2. The average molecular weight is 280 g/mol. The SMILES string of the molecule is O=C(CN1CCCC1=O)Nc1ccc(C(=O)O)c(F)c1. The highest BCUT2D eigenvalue weighted by Gasteiger charge is 2.22. The number of carbonyl (C=O) groups is 3. The highest BCUT2D eigenvalue weighted by molar-refractivity contribution is 5.95. The molecule has 0 aliphatic carbocycles. The van der Waals surface area contributed by atoms with Crippen LogP contribution in [0.4, 0.5) is 10.1 Å². The van der Waals surface area contributed by atoms with E-state index in [2.05, 4.69) is 5.32 Å². The number of carboxylic acid groups (broad SMARTS) is 1. The third kappa shape index (κ3) is 3.11. The van der Waals surface area contributed by atoms with Crippen LogP contribution in [0.1, 0.15) is 23.2 Å². The van der Waals surface area contributed by atoms with Crippen molar-refractivity contribution in [2.75, 3.05) is 18.4 Å². The van der Waals surface area contributed by atoms with Gasteiger partial charge >= 0.3 is 5.97 Å². The number of likely N-dealkylation sites (tertiary alicyclic amines) is 1. The van der Waals surface area contributed by atoms with Gasteiger partial charge < -0.3 is 15.3 Å². The Morgan fingerprint density at radius 3 is 2.70 bits per heavy atom. The number of benzene rings is 1. The minimum atomic E-state index is -1.37. The maximum atomic E-state index is 13.4. The number of rotatable bonds is 4. The van der Waals surface area contributed by atoms with Crippen molar-refractivity contribution < 1.29 is 23.9 Å². The second kappa shape index (κ2) is 5.68. The Morgan fingerprint density at radius 1 is 1.40 bits per heavy atom. The number of carbonyl (C=O) groups excluding carboxylic acids is 2. The molecule has 6 nitrogen and oxygen atoms in total. The predicted octanol–water partition coefficient (Wildman–Crippen LogP) is 1.08. The zero-order valence-electron chi connectivity index (χ0n) is 10.6. The Kier molecular flexibility index (Phi) is 3.97. The van der Waals surface area contributed by atoms with Crippen LogP contribution in [0.3, 0.4) is 0 Å². The van der Waals surface area contributed by atoms with E-state index in [0.717, 1.165) is 18.6 Å². The molecule has 0 aromatic heterocycles. The van der Waals surface area contributed by atoms with E-state index < -0.39 is 23.3 Å². The lowest BCUT2D eigenvalue weighted by Gasteiger charge is -2.15. The Balaban J connectivity index is 1.99. The lowest BCUT2D eigenvalue weighted by Crippen LogP contribution is -2.33. The molecule has 0 radical (unpaired) electrons. The molecular weight excluding hydrogens is 267 g/mol. The maximum Gasteiger partial charge on any atom is 0.338 e. The van der Waals surface area contributed by atoms with Gasteiger partial charge in [-0.25, -0.2) is 9.18 Å². The van der Waals surface area contributed by atoms with Gasteiger partial charge in [0.25, 0.3) is 0 Å². The summed E-state index contributed by atoms with van der Waals surface area (Å²) < 4.78 is 13.4. The smallest absolute Gasteiger partial charge is 0.338 e. The number of aromatic carboxylic acids is 1. The summed E-state index contributed by atoms with van der Waals surface area (Å²) in [6.07, 6.45) is 1.17. The summed E-state index contributed by atoms with van der Waals surface area (Å²) in [5.74, 6) is -2.81. The first-order valence-corrected chi connectivity index (χ1v) is 6.08. The van der Waals surface area contributed by atoms with E-state index in [1.807, 2.05) is 0 Å². The van der Waals surface area contributed by atoms with Crippen LogP contribution < -0.4 is 5.32 Å². The van der Waals surface area contributed by atoms with Crippen LogP contribution in [0.2, 0.25) is 0 Å². The molecule has 1 saturated heterocycles. The van der Waals surface area contributed by atoms with Gasteiger partial charge in [0.2, 0.25) is 11.8 Å². The van der Waals surface area contributed by atoms with Crippen molar-refractivity contribution in [2.45, 2.75) is 12.8 Å². The number of nitrogens with one attached hydrogen (secondary N) is 1. The summed E-state index contributed by atoms with van der Waals surface area (Å²) in [7, 11) is 0. The van der Waals surface area contributed by atoms with Crippen LogP contribution in [0, 0.1) is 5.82 Å². The van der Waals surface area contributed by atoms with E-state index in [-0.39, 0.29) is 18.1 Å². The molecule has 0 atom stereocenters. The monoisotopic (exact) mass is 280 g/mol. The Labute approximate surface area is 114 Å². The molecule has 2 N–H and O–H groups in total. The molecule has 0 bridgehead atoms. The van der Waals surface area contributed by atoms with Gasteiger partial charge in [-0.15, -0.1) is 0 Å². The molecule has 1 aromatic carbocycles. The molecule has 1 aromatic rings. The van der Waals surface area contributed by atoms with E-state index in [4.69, 9.17) is 5.11 Å². The molecule has 2 amide bonds. The molecular formula is C13H13FN2O4. The maximum absolute atomic E-state index is 13.4.